The molecule has 2 aliphatic heterocycles. The predicted molar refractivity (Wildman–Crippen MR) is 276 cm³/mol. The van der Waals surface area contributed by atoms with Crippen molar-refractivity contribution in [2.75, 3.05) is 55.9 Å². The fraction of sp³-hybridized carbons (Fsp3) is 0.423. The Labute approximate surface area is 401 Å². The highest BCUT2D eigenvalue weighted by atomic mass is 35.5. The number of fused-ring (bicyclic) bond motifs is 2. The number of pyridine rings is 2. The minimum absolute atomic E-state index is 0.141. The van der Waals surface area contributed by atoms with E-state index >= 15 is 0 Å². The molecule has 2 aliphatic rings. The summed E-state index contributed by atoms with van der Waals surface area (Å²) in [5.74, 6) is 3.23. The van der Waals surface area contributed by atoms with Gasteiger partial charge >= 0.3 is 0 Å². The van der Waals surface area contributed by atoms with Crippen LogP contribution in [0, 0.1) is 0 Å². The van der Waals surface area contributed by atoms with Crippen LogP contribution >= 0.6 is 34.8 Å². The van der Waals surface area contributed by atoms with Crippen molar-refractivity contribution in [3.05, 3.63) is 123 Å². The van der Waals surface area contributed by atoms with Gasteiger partial charge in [0, 0.05) is 81.9 Å². The van der Waals surface area contributed by atoms with Crippen LogP contribution in [0.1, 0.15) is 78.4 Å². The second kappa shape index (κ2) is 23.3. The zero-order valence-corrected chi connectivity index (χ0v) is 41.5. The van der Waals surface area contributed by atoms with Crippen LogP contribution < -0.4 is 41.0 Å². The highest BCUT2D eigenvalue weighted by Crippen LogP contribution is 2.34. The van der Waals surface area contributed by atoms with E-state index in [-0.39, 0.29) is 11.1 Å². The molecule has 65 heavy (non-hydrogen) atoms. The summed E-state index contributed by atoms with van der Waals surface area (Å²) < 4.78 is 10.7. The zero-order valence-electron chi connectivity index (χ0n) is 39.3. The first-order chi connectivity index (χ1) is 31.0. The summed E-state index contributed by atoms with van der Waals surface area (Å²) in [7, 11) is 3.34. The van der Waals surface area contributed by atoms with Gasteiger partial charge in [0.2, 0.25) is 0 Å². The highest BCUT2D eigenvalue weighted by Gasteiger charge is 2.25. The Hall–Kier alpha value is -4.55. The average Bonchev–Trinajstić information content (AvgIpc) is 3.28. The van der Waals surface area contributed by atoms with Gasteiger partial charge in [-0.3, -0.25) is 0 Å². The van der Waals surface area contributed by atoms with Crippen LogP contribution in [-0.4, -0.2) is 73.5 Å². The van der Waals surface area contributed by atoms with E-state index in [1.54, 1.807) is 14.2 Å². The molecule has 4 aromatic carbocycles. The minimum atomic E-state index is 0.141. The monoisotopic (exact) mass is 940 g/mol. The van der Waals surface area contributed by atoms with E-state index in [4.69, 9.17) is 49.3 Å². The first kappa shape index (κ1) is 49.9. The molecule has 348 valence electrons. The SMILES string of the molecule is CC(C)(C)NC1CCNCC1.COc1ccc2nc(NCc3ccc(Cl)cc3)cc(Cl)c2c1.COc1ccc2nc(NCc3ccc(Cl)cc3)cc(N3CCC(NC(C)(C)C)CC3)c2c1. The van der Waals surface area contributed by atoms with Gasteiger partial charge in [-0.15, -0.1) is 0 Å². The van der Waals surface area contributed by atoms with Gasteiger partial charge in [0.05, 0.1) is 30.3 Å². The largest absolute Gasteiger partial charge is 0.497 e. The quantitative estimate of drug-likeness (QED) is 0.0862. The number of aromatic nitrogens is 2. The predicted octanol–water partition coefficient (Wildman–Crippen LogP) is 12.2. The van der Waals surface area contributed by atoms with E-state index in [1.165, 1.54) is 37.2 Å². The maximum absolute atomic E-state index is 6.34. The molecule has 0 radical (unpaired) electrons. The zero-order chi connectivity index (χ0) is 46.6. The third-order valence-electron chi connectivity index (χ3n) is 11.2. The number of anilines is 3. The number of nitrogens with zero attached hydrogens (tertiary/aromatic N) is 3. The minimum Gasteiger partial charge on any atom is -0.497 e. The number of rotatable bonds is 11. The molecule has 0 bridgehead atoms. The van der Waals surface area contributed by atoms with Crippen molar-refractivity contribution in [3.63, 3.8) is 0 Å². The molecule has 2 fully saturated rings. The molecule has 13 heteroatoms. The van der Waals surface area contributed by atoms with E-state index in [1.807, 2.05) is 84.9 Å². The molecule has 0 atom stereocenters. The fourth-order valence-corrected chi connectivity index (χ4v) is 8.60. The van der Waals surface area contributed by atoms with Gasteiger partial charge in [-0.25, -0.2) is 9.97 Å². The van der Waals surface area contributed by atoms with E-state index in [2.05, 4.69) is 90.1 Å². The van der Waals surface area contributed by atoms with Crippen molar-refractivity contribution in [1.29, 1.82) is 0 Å². The lowest BCUT2D eigenvalue weighted by atomic mass is 9.99. The number of benzene rings is 4. The summed E-state index contributed by atoms with van der Waals surface area (Å²) in [6, 6.07) is 32.6. The Kier molecular flexibility index (Phi) is 17.8. The third kappa shape index (κ3) is 15.8. The van der Waals surface area contributed by atoms with Crippen LogP contribution in [0.15, 0.2) is 97.1 Å². The summed E-state index contributed by atoms with van der Waals surface area (Å²) in [6.45, 7) is 19.1. The lowest BCUT2D eigenvalue weighted by molar-refractivity contribution is 0.304. The number of hydrogen-bond donors (Lipinski definition) is 5. The summed E-state index contributed by atoms with van der Waals surface area (Å²) in [5, 5.41) is 21.6. The molecule has 4 heterocycles. The van der Waals surface area contributed by atoms with Crippen molar-refractivity contribution in [2.24, 2.45) is 0 Å². The van der Waals surface area contributed by atoms with Crippen LogP contribution in [0.4, 0.5) is 17.3 Å². The van der Waals surface area contributed by atoms with Crippen LogP contribution in [0.25, 0.3) is 21.8 Å². The van der Waals surface area contributed by atoms with Crippen molar-refractivity contribution in [3.8, 4) is 11.5 Å². The Morgan fingerprint density at radius 1 is 0.585 bits per heavy atom. The van der Waals surface area contributed by atoms with E-state index in [0.29, 0.717) is 24.2 Å². The van der Waals surface area contributed by atoms with Crippen molar-refractivity contribution >= 4 is 73.9 Å². The average molecular weight is 943 g/mol. The van der Waals surface area contributed by atoms with Gasteiger partial charge < -0.3 is 41.0 Å². The number of hydrogen-bond acceptors (Lipinski definition) is 10. The second-order valence-electron chi connectivity index (χ2n) is 18.8. The first-order valence-corrected chi connectivity index (χ1v) is 23.8. The Morgan fingerprint density at radius 3 is 1.51 bits per heavy atom. The highest BCUT2D eigenvalue weighted by molar-refractivity contribution is 6.35. The third-order valence-corrected chi connectivity index (χ3v) is 12.0. The number of nitrogens with one attached hydrogen (secondary N) is 5. The van der Waals surface area contributed by atoms with Gasteiger partial charge in [0.25, 0.3) is 0 Å². The number of ether oxygens (including phenoxy) is 2. The Balaban J connectivity index is 0.000000182. The standard InChI is InChI=1S/C26H33ClN4O.C17H14Cl2N2O.C9H20N2/c1-26(2,3)30-20-11-13-31(14-12-20)24-16-25(28-17-18-5-7-19(27)8-6-18)29-23-10-9-21(32-4)15-22(23)24;1-22-13-6-7-16-14(8-13)15(19)9-17(21-16)20-10-11-2-4-12(18)5-3-11;1-9(2,3)11-8-4-6-10-7-5-8/h5-10,15-16,20,30H,11-14,17H2,1-4H3,(H,28,29);2-9H,10H2,1H3,(H,20,21);8,10-11H,4-7H2,1-3H3. The van der Waals surface area contributed by atoms with Gasteiger partial charge in [-0.05, 0) is 158 Å². The topological polar surface area (TPSA) is 108 Å². The Morgan fingerprint density at radius 2 is 1.03 bits per heavy atom. The molecule has 10 nitrogen and oxygen atoms in total. The molecule has 8 rings (SSSR count). The molecule has 2 saturated heterocycles. The molecule has 0 amide bonds. The smallest absolute Gasteiger partial charge is 0.129 e. The van der Waals surface area contributed by atoms with Crippen LogP contribution in [-0.2, 0) is 13.1 Å². The summed E-state index contributed by atoms with van der Waals surface area (Å²) in [6.07, 6.45) is 4.80. The van der Waals surface area contributed by atoms with E-state index < -0.39 is 0 Å². The maximum atomic E-state index is 6.34. The lowest BCUT2D eigenvalue weighted by Crippen LogP contribution is -2.49. The number of piperidine rings is 2. The molecule has 6 aromatic rings. The van der Waals surface area contributed by atoms with Gasteiger partial charge in [0.15, 0.2) is 0 Å². The molecular weight excluding hydrogens is 875 g/mol. The van der Waals surface area contributed by atoms with E-state index in [0.717, 1.165) is 92.5 Å². The fourth-order valence-electron chi connectivity index (χ4n) is 8.09. The summed E-state index contributed by atoms with van der Waals surface area (Å²) in [4.78, 5) is 11.9. The second-order valence-corrected chi connectivity index (χ2v) is 20.1. The van der Waals surface area contributed by atoms with Crippen LogP contribution in [0.5, 0.6) is 11.5 Å². The summed E-state index contributed by atoms with van der Waals surface area (Å²) >= 11 is 18.2. The van der Waals surface area contributed by atoms with Crippen LogP contribution in [0.2, 0.25) is 15.1 Å². The molecular formula is C52H67Cl3N8O2. The van der Waals surface area contributed by atoms with Crippen molar-refractivity contribution < 1.29 is 9.47 Å². The van der Waals surface area contributed by atoms with Gasteiger partial charge in [-0.1, -0.05) is 59.1 Å². The number of methoxy groups -OCH3 is 2. The number of halogens is 3. The molecule has 0 aliphatic carbocycles. The van der Waals surface area contributed by atoms with Crippen LogP contribution in [0.3, 0.4) is 0 Å². The van der Waals surface area contributed by atoms with E-state index in [9.17, 15) is 0 Å². The maximum Gasteiger partial charge on any atom is 0.129 e. The van der Waals surface area contributed by atoms with Crippen molar-refractivity contribution in [2.45, 2.75) is 103 Å². The Bertz CT molecular complexity index is 2420. The van der Waals surface area contributed by atoms with Gasteiger partial charge in [0.1, 0.15) is 23.1 Å². The molecule has 5 N–H and O–H groups in total. The molecule has 2 aromatic heterocycles. The molecule has 0 saturated carbocycles. The first-order valence-electron chi connectivity index (χ1n) is 22.6. The molecule has 0 spiro atoms. The lowest BCUT2D eigenvalue weighted by Gasteiger charge is -2.37. The van der Waals surface area contributed by atoms with Crippen molar-refractivity contribution in [1.82, 2.24) is 25.9 Å². The molecule has 0 unspecified atom stereocenters. The van der Waals surface area contributed by atoms with Gasteiger partial charge in [-0.2, -0.15) is 0 Å². The summed E-state index contributed by atoms with van der Waals surface area (Å²) in [5.41, 5.74) is 5.72. The normalized spacial score (nSPS) is 14.8.